The average Bonchev–Trinajstić information content (AvgIpc) is 3.17. The maximum Gasteiger partial charge on any atom is 0.270 e. The zero-order chi connectivity index (χ0) is 17.2. The van der Waals surface area contributed by atoms with Crippen LogP contribution in [0.25, 0.3) is 10.8 Å². The molecule has 0 spiro atoms. The van der Waals surface area contributed by atoms with Crippen LogP contribution in [0.3, 0.4) is 0 Å². The molecule has 1 aliphatic carbocycles. The number of nitrogens with one attached hydrogen (secondary N) is 1. The fourth-order valence-corrected chi connectivity index (χ4v) is 3.17. The Hall–Kier alpha value is -2.67. The molecule has 0 saturated heterocycles. The van der Waals surface area contributed by atoms with Gasteiger partial charge in [0.2, 0.25) is 0 Å². The molecule has 6 nitrogen and oxygen atoms in total. The van der Waals surface area contributed by atoms with Crippen LogP contribution >= 0.6 is 11.3 Å². The van der Waals surface area contributed by atoms with Crippen LogP contribution in [0, 0.1) is 0 Å². The Morgan fingerprint density at radius 2 is 2.12 bits per heavy atom. The van der Waals surface area contributed by atoms with E-state index in [1.807, 2.05) is 41.8 Å². The first-order valence-corrected chi connectivity index (χ1v) is 9.02. The van der Waals surface area contributed by atoms with Crippen molar-refractivity contribution in [3.63, 3.8) is 0 Å². The number of hydrogen-bond acceptors (Lipinski definition) is 6. The highest BCUT2D eigenvalue weighted by Crippen LogP contribution is 2.40. The summed E-state index contributed by atoms with van der Waals surface area (Å²) < 4.78 is 11.0. The molecule has 25 heavy (non-hydrogen) atoms. The maximum atomic E-state index is 12.4. The van der Waals surface area contributed by atoms with Crippen LogP contribution in [0.15, 0.2) is 46.3 Å². The first-order valence-electron chi connectivity index (χ1n) is 8.15. The predicted molar refractivity (Wildman–Crippen MR) is 94.7 cm³/mol. The summed E-state index contributed by atoms with van der Waals surface area (Å²) in [7, 11) is 0. The van der Waals surface area contributed by atoms with E-state index in [1.165, 1.54) is 11.3 Å². The third-order valence-electron chi connectivity index (χ3n) is 3.93. The molecule has 7 heteroatoms. The van der Waals surface area contributed by atoms with Crippen molar-refractivity contribution in [2.75, 3.05) is 5.32 Å². The van der Waals surface area contributed by atoms with E-state index in [2.05, 4.69) is 15.5 Å². The van der Waals surface area contributed by atoms with E-state index in [4.69, 9.17) is 9.26 Å². The summed E-state index contributed by atoms with van der Waals surface area (Å²) in [5.41, 5.74) is 0.657. The van der Waals surface area contributed by atoms with Gasteiger partial charge in [0.1, 0.15) is 10.6 Å². The molecule has 1 N–H and O–H groups in total. The van der Waals surface area contributed by atoms with Crippen molar-refractivity contribution in [1.29, 1.82) is 0 Å². The first kappa shape index (κ1) is 15.8. The van der Waals surface area contributed by atoms with Gasteiger partial charge in [0.15, 0.2) is 11.9 Å². The van der Waals surface area contributed by atoms with Crippen molar-refractivity contribution in [3.8, 4) is 16.5 Å². The molecule has 0 bridgehead atoms. The molecule has 3 aromatic rings. The molecule has 4 rings (SSSR count). The van der Waals surface area contributed by atoms with Gasteiger partial charge in [-0.25, -0.2) is 0 Å². The van der Waals surface area contributed by atoms with Gasteiger partial charge in [-0.05, 0) is 43.3 Å². The van der Waals surface area contributed by atoms with E-state index >= 15 is 0 Å². The number of thiophene rings is 1. The van der Waals surface area contributed by atoms with Gasteiger partial charge in [0, 0.05) is 5.92 Å². The van der Waals surface area contributed by atoms with Gasteiger partial charge in [-0.3, -0.25) is 4.79 Å². The van der Waals surface area contributed by atoms with E-state index in [9.17, 15) is 4.79 Å². The topological polar surface area (TPSA) is 77.2 Å². The Morgan fingerprint density at radius 1 is 1.32 bits per heavy atom. The molecular weight excluding hydrogens is 338 g/mol. The fourth-order valence-electron chi connectivity index (χ4n) is 2.40. The molecule has 1 aliphatic rings. The second-order valence-electron chi connectivity index (χ2n) is 5.96. The van der Waals surface area contributed by atoms with Crippen LogP contribution < -0.4 is 10.1 Å². The monoisotopic (exact) mass is 355 g/mol. The molecule has 128 valence electrons. The lowest BCUT2D eigenvalue weighted by molar-refractivity contribution is -0.122. The quantitative estimate of drug-likeness (QED) is 0.721. The molecule has 1 atom stereocenters. The smallest absolute Gasteiger partial charge is 0.270 e. The summed E-state index contributed by atoms with van der Waals surface area (Å²) >= 11 is 1.45. The summed E-state index contributed by atoms with van der Waals surface area (Å²) in [5, 5.41) is 8.79. The molecule has 0 radical (unpaired) electrons. The zero-order valence-corrected chi connectivity index (χ0v) is 14.5. The van der Waals surface area contributed by atoms with Gasteiger partial charge in [-0.1, -0.05) is 23.4 Å². The number of hydrogen-bond donors (Lipinski definition) is 1. The highest BCUT2D eigenvalue weighted by molar-refractivity contribution is 7.14. The van der Waals surface area contributed by atoms with Crippen molar-refractivity contribution in [2.45, 2.75) is 31.8 Å². The van der Waals surface area contributed by atoms with Crippen molar-refractivity contribution < 1.29 is 14.1 Å². The Kier molecular flexibility index (Phi) is 4.23. The number of carbonyl (C=O) groups is 1. The Morgan fingerprint density at radius 3 is 2.88 bits per heavy atom. The minimum Gasteiger partial charge on any atom is -0.481 e. The van der Waals surface area contributed by atoms with Gasteiger partial charge in [0.05, 0.1) is 5.69 Å². The summed E-state index contributed by atoms with van der Waals surface area (Å²) in [6.07, 6.45) is 1.60. The SMILES string of the molecule is C[C@@H](Oc1ccccc1)C(=O)Nc1ccsc1-c1nc(C2CC2)no1. The van der Waals surface area contributed by atoms with Crippen LogP contribution in [-0.4, -0.2) is 22.2 Å². The van der Waals surface area contributed by atoms with Crippen LogP contribution in [0.5, 0.6) is 5.75 Å². The number of anilines is 1. The van der Waals surface area contributed by atoms with Crippen LogP contribution in [-0.2, 0) is 4.79 Å². The molecule has 1 aromatic carbocycles. The maximum absolute atomic E-state index is 12.4. The fraction of sp³-hybridized carbons (Fsp3) is 0.278. The summed E-state index contributed by atoms with van der Waals surface area (Å²) in [5.74, 6) is 2.05. The third kappa shape index (κ3) is 3.56. The Bertz CT molecular complexity index is 871. The van der Waals surface area contributed by atoms with E-state index in [-0.39, 0.29) is 5.91 Å². The average molecular weight is 355 g/mol. The summed E-state index contributed by atoms with van der Waals surface area (Å²) in [4.78, 5) is 17.6. The molecular formula is C18H17N3O3S. The largest absolute Gasteiger partial charge is 0.481 e. The van der Waals surface area contributed by atoms with Crippen molar-refractivity contribution in [2.24, 2.45) is 0 Å². The first-order chi connectivity index (χ1) is 12.2. The minimum atomic E-state index is -0.625. The second kappa shape index (κ2) is 6.68. The highest BCUT2D eigenvalue weighted by Gasteiger charge is 2.29. The molecule has 0 unspecified atom stereocenters. The van der Waals surface area contributed by atoms with Gasteiger partial charge >= 0.3 is 0 Å². The Labute approximate surface area is 148 Å². The number of para-hydroxylation sites is 1. The number of nitrogens with zero attached hydrogens (tertiary/aromatic N) is 2. The van der Waals surface area contributed by atoms with E-state index < -0.39 is 6.10 Å². The molecule has 1 amide bonds. The zero-order valence-electron chi connectivity index (χ0n) is 13.6. The predicted octanol–water partition coefficient (Wildman–Crippen LogP) is 4.08. The number of rotatable bonds is 6. The van der Waals surface area contributed by atoms with Crippen molar-refractivity contribution in [1.82, 2.24) is 10.1 Å². The Balaban J connectivity index is 1.45. The molecule has 2 heterocycles. The number of benzene rings is 1. The van der Waals surface area contributed by atoms with E-state index in [0.717, 1.165) is 23.5 Å². The van der Waals surface area contributed by atoms with Gasteiger partial charge < -0.3 is 14.6 Å². The van der Waals surface area contributed by atoms with Gasteiger partial charge in [-0.15, -0.1) is 11.3 Å². The van der Waals surface area contributed by atoms with Crippen LogP contribution in [0.1, 0.15) is 31.5 Å². The summed E-state index contributed by atoms with van der Waals surface area (Å²) in [6, 6.07) is 11.1. The molecule has 2 aromatic heterocycles. The van der Waals surface area contributed by atoms with Gasteiger partial charge in [-0.2, -0.15) is 4.98 Å². The lowest BCUT2D eigenvalue weighted by Gasteiger charge is -2.14. The normalized spacial score (nSPS) is 14.9. The second-order valence-corrected chi connectivity index (χ2v) is 6.87. The lowest BCUT2D eigenvalue weighted by Crippen LogP contribution is -2.30. The lowest BCUT2D eigenvalue weighted by atomic mass is 10.3. The van der Waals surface area contributed by atoms with Crippen LogP contribution in [0.2, 0.25) is 0 Å². The van der Waals surface area contributed by atoms with Crippen LogP contribution in [0.4, 0.5) is 5.69 Å². The number of ether oxygens (including phenoxy) is 1. The number of amides is 1. The minimum absolute atomic E-state index is 0.231. The molecule has 1 fully saturated rings. The van der Waals surface area contributed by atoms with Crippen molar-refractivity contribution >= 4 is 22.9 Å². The molecule has 0 aliphatic heterocycles. The van der Waals surface area contributed by atoms with Crippen molar-refractivity contribution in [3.05, 3.63) is 47.6 Å². The van der Waals surface area contributed by atoms with E-state index in [0.29, 0.717) is 23.2 Å². The summed E-state index contributed by atoms with van der Waals surface area (Å²) in [6.45, 7) is 1.71. The number of aromatic nitrogens is 2. The standard InChI is InChI=1S/C18H17N3O3S/c1-11(23-13-5-3-2-4-6-13)17(22)19-14-9-10-25-15(14)18-20-16(21-24-18)12-7-8-12/h2-6,9-12H,7-8H2,1H3,(H,19,22)/t11-/m1/s1. The molecule has 1 saturated carbocycles. The highest BCUT2D eigenvalue weighted by atomic mass is 32.1. The third-order valence-corrected chi connectivity index (χ3v) is 4.83. The van der Waals surface area contributed by atoms with E-state index in [1.54, 1.807) is 6.92 Å². The van der Waals surface area contributed by atoms with Gasteiger partial charge in [0.25, 0.3) is 11.8 Å². The number of carbonyl (C=O) groups excluding carboxylic acids is 1.